The Morgan fingerprint density at radius 2 is 2.15 bits per heavy atom. The van der Waals surface area contributed by atoms with E-state index in [0.29, 0.717) is 17.7 Å². The number of hydrogen-bond acceptors (Lipinski definition) is 3. The third kappa shape index (κ3) is 3.41. The molecule has 1 amide bonds. The fourth-order valence-electron chi connectivity index (χ4n) is 1.56. The maximum Gasteiger partial charge on any atom is 0.260 e. The molecule has 1 aromatic carbocycles. The van der Waals surface area contributed by atoms with Gasteiger partial charge < -0.3 is 14.8 Å². The molecule has 0 radical (unpaired) electrons. The highest BCUT2D eigenvalue weighted by molar-refractivity contribution is 6.32. The largest absolute Gasteiger partial charge is 0.452 e. The molecule has 20 heavy (non-hydrogen) atoms. The lowest BCUT2D eigenvalue weighted by atomic mass is 10.1. The van der Waals surface area contributed by atoms with Gasteiger partial charge in [-0.15, -0.1) is 0 Å². The molecule has 0 saturated carbocycles. The minimum atomic E-state index is -0.361. The van der Waals surface area contributed by atoms with Gasteiger partial charge in [-0.3, -0.25) is 4.79 Å². The van der Waals surface area contributed by atoms with Crippen molar-refractivity contribution in [1.82, 2.24) is 0 Å². The van der Waals surface area contributed by atoms with Crippen LogP contribution in [0.5, 0.6) is 0 Å². The zero-order chi connectivity index (χ0) is 14.4. The van der Waals surface area contributed by atoms with Crippen LogP contribution < -0.4 is 5.32 Å². The highest BCUT2D eigenvalue weighted by Gasteiger charge is 2.14. The van der Waals surface area contributed by atoms with Crippen LogP contribution in [0.3, 0.4) is 0 Å². The molecule has 0 aliphatic heterocycles. The fraction of sp³-hybridized carbons (Fsp3) is 0.133. The second-order valence-corrected chi connectivity index (χ2v) is 4.23. The van der Waals surface area contributed by atoms with Crippen LogP contribution in [-0.2, 0) is 0 Å². The third-order valence-electron chi connectivity index (χ3n) is 2.50. The van der Waals surface area contributed by atoms with Crippen LogP contribution >= 0.6 is 11.6 Å². The molecular weight excluding hydrogens is 278 g/mol. The normalized spacial score (nSPS) is 9.70. The topological polar surface area (TPSA) is 62.5 Å². The van der Waals surface area contributed by atoms with Crippen LogP contribution in [0.2, 0.25) is 5.22 Å². The number of benzene rings is 1. The van der Waals surface area contributed by atoms with E-state index in [1.807, 2.05) is 6.07 Å². The molecule has 0 fully saturated rings. The van der Waals surface area contributed by atoms with E-state index in [9.17, 15) is 4.79 Å². The average molecular weight is 290 g/mol. The number of aliphatic hydroxyl groups excluding tert-OH is 1. The quantitative estimate of drug-likeness (QED) is 0.854. The molecule has 5 heteroatoms. The number of nitrogens with one attached hydrogen (secondary N) is 1. The van der Waals surface area contributed by atoms with Crippen molar-refractivity contribution in [1.29, 1.82) is 0 Å². The van der Waals surface area contributed by atoms with Crippen LogP contribution in [0.15, 0.2) is 41.0 Å². The lowest BCUT2D eigenvalue weighted by Crippen LogP contribution is -2.12. The first kappa shape index (κ1) is 14.2. The van der Waals surface area contributed by atoms with Crippen molar-refractivity contribution in [2.45, 2.75) is 6.42 Å². The molecule has 1 aromatic heterocycles. The number of para-hydroxylation sites is 1. The summed E-state index contributed by atoms with van der Waals surface area (Å²) in [6, 6.07) is 8.65. The number of hydrogen-bond donors (Lipinski definition) is 2. The number of halogens is 1. The minimum Gasteiger partial charge on any atom is -0.452 e. The van der Waals surface area contributed by atoms with Crippen LogP contribution in [0.1, 0.15) is 22.3 Å². The van der Waals surface area contributed by atoms with Crippen molar-refractivity contribution < 1.29 is 14.3 Å². The summed E-state index contributed by atoms with van der Waals surface area (Å²) in [6.07, 6.45) is 1.74. The molecule has 102 valence electrons. The molecule has 0 spiro atoms. The fourth-order valence-corrected chi connectivity index (χ4v) is 1.76. The monoisotopic (exact) mass is 289 g/mol. The Morgan fingerprint density at radius 1 is 1.35 bits per heavy atom. The number of aliphatic hydroxyl groups is 1. The number of furan rings is 1. The smallest absolute Gasteiger partial charge is 0.260 e. The van der Waals surface area contributed by atoms with Gasteiger partial charge in [-0.25, -0.2) is 0 Å². The number of amides is 1. The summed E-state index contributed by atoms with van der Waals surface area (Å²) < 4.78 is 4.88. The molecule has 0 saturated heterocycles. The van der Waals surface area contributed by atoms with Gasteiger partial charge in [0.15, 0.2) is 0 Å². The predicted octanol–water partition coefficient (Wildman–Crippen LogP) is 2.92. The highest BCUT2D eigenvalue weighted by Crippen LogP contribution is 2.20. The standard InChI is InChI=1S/C15H12ClNO3/c16-14-12(8-10-20-14)15(19)17-13-7-2-1-5-11(13)6-3-4-9-18/h1-2,5,7-8,10,18H,4,9H2,(H,17,19). The van der Waals surface area contributed by atoms with E-state index in [4.69, 9.17) is 21.1 Å². The molecule has 0 atom stereocenters. The second-order valence-electron chi connectivity index (χ2n) is 3.88. The van der Waals surface area contributed by atoms with Crippen molar-refractivity contribution in [3.63, 3.8) is 0 Å². The summed E-state index contributed by atoms with van der Waals surface area (Å²) in [4.78, 5) is 12.0. The van der Waals surface area contributed by atoms with Gasteiger partial charge in [-0.1, -0.05) is 24.0 Å². The Labute approximate surface area is 121 Å². The summed E-state index contributed by atoms with van der Waals surface area (Å²) in [5.41, 5.74) is 1.53. The molecule has 2 rings (SSSR count). The number of carbonyl (C=O) groups excluding carboxylic acids is 1. The van der Waals surface area contributed by atoms with Gasteiger partial charge in [0.1, 0.15) is 0 Å². The van der Waals surface area contributed by atoms with E-state index in [-0.39, 0.29) is 23.3 Å². The molecule has 0 aliphatic carbocycles. The Hall–Kier alpha value is -2.22. The summed E-state index contributed by atoms with van der Waals surface area (Å²) in [5.74, 6) is 5.35. The highest BCUT2D eigenvalue weighted by atomic mass is 35.5. The molecule has 0 unspecified atom stereocenters. The van der Waals surface area contributed by atoms with Gasteiger partial charge in [0, 0.05) is 12.0 Å². The second kappa shape index (κ2) is 6.80. The first-order chi connectivity index (χ1) is 9.72. The van der Waals surface area contributed by atoms with Crippen molar-refractivity contribution >= 4 is 23.2 Å². The first-order valence-corrected chi connectivity index (χ1v) is 6.33. The minimum absolute atomic E-state index is 0.00610. The number of anilines is 1. The maximum atomic E-state index is 12.0. The Bertz CT molecular complexity index is 667. The van der Waals surface area contributed by atoms with E-state index in [0.717, 1.165) is 0 Å². The summed E-state index contributed by atoms with van der Waals surface area (Å²) in [7, 11) is 0. The number of carbonyl (C=O) groups is 1. The third-order valence-corrected chi connectivity index (χ3v) is 2.79. The molecular formula is C15H12ClNO3. The van der Waals surface area contributed by atoms with Gasteiger partial charge in [0.2, 0.25) is 5.22 Å². The first-order valence-electron chi connectivity index (χ1n) is 5.95. The Kier molecular flexibility index (Phi) is 4.83. The van der Waals surface area contributed by atoms with Crippen molar-refractivity contribution in [2.75, 3.05) is 11.9 Å². The molecule has 2 aromatic rings. The maximum absolute atomic E-state index is 12.0. The van der Waals surface area contributed by atoms with Crippen LogP contribution in [0, 0.1) is 11.8 Å². The van der Waals surface area contributed by atoms with Gasteiger partial charge >= 0.3 is 0 Å². The lowest BCUT2D eigenvalue weighted by molar-refractivity contribution is 0.102. The Morgan fingerprint density at radius 3 is 2.85 bits per heavy atom. The lowest BCUT2D eigenvalue weighted by Gasteiger charge is -2.06. The molecule has 1 heterocycles. The van der Waals surface area contributed by atoms with Gasteiger partial charge in [0.25, 0.3) is 5.91 Å². The predicted molar refractivity (Wildman–Crippen MR) is 76.7 cm³/mol. The zero-order valence-electron chi connectivity index (χ0n) is 10.5. The molecule has 0 bridgehead atoms. The molecule has 0 aliphatic rings. The van der Waals surface area contributed by atoms with Crippen molar-refractivity contribution in [2.24, 2.45) is 0 Å². The van der Waals surface area contributed by atoms with Crippen LogP contribution in [0.4, 0.5) is 5.69 Å². The van der Waals surface area contributed by atoms with E-state index in [2.05, 4.69) is 17.2 Å². The number of rotatable bonds is 3. The van der Waals surface area contributed by atoms with E-state index < -0.39 is 0 Å². The van der Waals surface area contributed by atoms with E-state index >= 15 is 0 Å². The van der Waals surface area contributed by atoms with E-state index in [1.54, 1.807) is 18.2 Å². The summed E-state index contributed by atoms with van der Waals surface area (Å²) in [6.45, 7) is 0.00610. The van der Waals surface area contributed by atoms with Crippen LogP contribution in [-0.4, -0.2) is 17.6 Å². The molecule has 2 N–H and O–H groups in total. The molecule has 4 nitrogen and oxygen atoms in total. The van der Waals surface area contributed by atoms with Crippen LogP contribution in [0.25, 0.3) is 0 Å². The average Bonchev–Trinajstić information content (AvgIpc) is 2.87. The SMILES string of the molecule is O=C(Nc1ccccc1C#CCCO)c1ccoc1Cl. The van der Waals surface area contributed by atoms with Crippen molar-refractivity contribution in [3.8, 4) is 11.8 Å². The Balaban J connectivity index is 2.20. The summed E-state index contributed by atoms with van der Waals surface area (Å²) in [5, 5.41) is 11.5. The van der Waals surface area contributed by atoms with Gasteiger partial charge in [-0.2, -0.15) is 0 Å². The zero-order valence-corrected chi connectivity index (χ0v) is 11.3. The van der Waals surface area contributed by atoms with Gasteiger partial charge in [0.05, 0.1) is 24.1 Å². The van der Waals surface area contributed by atoms with Gasteiger partial charge in [-0.05, 0) is 29.8 Å². The van der Waals surface area contributed by atoms with Crippen molar-refractivity contribution in [3.05, 3.63) is 52.9 Å². The summed E-state index contributed by atoms with van der Waals surface area (Å²) >= 11 is 5.76. The van der Waals surface area contributed by atoms with E-state index in [1.165, 1.54) is 12.3 Å².